The van der Waals surface area contributed by atoms with Crippen LogP contribution in [0.15, 0.2) is 28.8 Å². The molecule has 0 spiro atoms. The molecule has 0 saturated heterocycles. The van der Waals surface area contributed by atoms with Crippen molar-refractivity contribution in [3.63, 3.8) is 0 Å². The van der Waals surface area contributed by atoms with Crippen molar-refractivity contribution in [3.05, 3.63) is 41.1 Å². The minimum atomic E-state index is -0.701. The first kappa shape index (κ1) is 10.3. The number of aromatic nitrogens is 2. The van der Waals surface area contributed by atoms with E-state index in [1.54, 1.807) is 16.8 Å². The molecule has 1 atom stereocenters. The van der Waals surface area contributed by atoms with Crippen LogP contribution >= 0.6 is 11.6 Å². The van der Waals surface area contributed by atoms with E-state index in [1.165, 1.54) is 0 Å². The summed E-state index contributed by atoms with van der Waals surface area (Å²) in [6.07, 6.45) is 1.55. The molecule has 1 N–H and O–H groups in total. The average molecular weight is 227 g/mol. The lowest BCUT2D eigenvalue weighted by Crippen LogP contribution is -2.01. The number of rotatable bonds is 3. The van der Waals surface area contributed by atoms with Crippen LogP contribution < -0.4 is 0 Å². The van der Waals surface area contributed by atoms with Gasteiger partial charge < -0.3 is 9.52 Å². The third-order valence-electron chi connectivity index (χ3n) is 2.09. The average Bonchev–Trinajstić information content (AvgIpc) is 2.75. The Morgan fingerprint density at radius 3 is 2.87 bits per heavy atom. The van der Waals surface area contributed by atoms with Crippen LogP contribution in [-0.2, 0) is 13.5 Å². The Hall–Kier alpha value is -1.26. The van der Waals surface area contributed by atoms with Gasteiger partial charge in [-0.3, -0.25) is 4.68 Å². The third-order valence-corrected chi connectivity index (χ3v) is 2.30. The number of aliphatic hydroxyl groups excluding tert-OH is 1. The molecule has 1 unspecified atom stereocenters. The lowest BCUT2D eigenvalue weighted by molar-refractivity contribution is 0.149. The van der Waals surface area contributed by atoms with Gasteiger partial charge in [0.15, 0.2) is 5.22 Å². The van der Waals surface area contributed by atoms with Crippen molar-refractivity contribution < 1.29 is 9.52 Å². The van der Waals surface area contributed by atoms with Crippen molar-refractivity contribution in [1.29, 1.82) is 0 Å². The van der Waals surface area contributed by atoms with Crippen molar-refractivity contribution in [3.8, 4) is 0 Å². The summed E-state index contributed by atoms with van der Waals surface area (Å²) in [5, 5.41) is 14.2. The van der Waals surface area contributed by atoms with Crippen molar-refractivity contribution in [2.75, 3.05) is 0 Å². The van der Waals surface area contributed by atoms with Gasteiger partial charge in [-0.05, 0) is 29.8 Å². The predicted molar refractivity (Wildman–Crippen MR) is 55.6 cm³/mol. The molecule has 2 rings (SSSR count). The topological polar surface area (TPSA) is 51.2 Å². The molecule has 0 aliphatic rings. The minimum absolute atomic E-state index is 0.282. The van der Waals surface area contributed by atoms with Crippen molar-refractivity contribution in [2.45, 2.75) is 12.5 Å². The summed E-state index contributed by atoms with van der Waals surface area (Å²) >= 11 is 5.61. The number of nitrogens with zero attached hydrogens (tertiary/aromatic N) is 2. The van der Waals surface area contributed by atoms with Crippen LogP contribution in [0.5, 0.6) is 0 Å². The van der Waals surface area contributed by atoms with Gasteiger partial charge in [0.05, 0.1) is 5.69 Å². The molecule has 5 heteroatoms. The number of halogens is 1. The molecule has 4 nitrogen and oxygen atoms in total. The second-order valence-corrected chi connectivity index (χ2v) is 3.72. The Morgan fingerprint density at radius 2 is 2.33 bits per heavy atom. The zero-order valence-electron chi connectivity index (χ0n) is 8.22. The molecule has 0 bridgehead atoms. The number of aryl methyl sites for hydroxylation is 1. The Labute approximate surface area is 92.1 Å². The van der Waals surface area contributed by atoms with Gasteiger partial charge in [-0.25, -0.2) is 0 Å². The number of hydrogen-bond acceptors (Lipinski definition) is 3. The quantitative estimate of drug-likeness (QED) is 0.870. The highest BCUT2D eigenvalue weighted by Gasteiger charge is 2.13. The van der Waals surface area contributed by atoms with Gasteiger partial charge in [0.1, 0.15) is 11.9 Å². The Bertz CT molecular complexity index is 450. The van der Waals surface area contributed by atoms with E-state index in [9.17, 15) is 5.11 Å². The molecule has 0 aliphatic carbocycles. The Balaban J connectivity index is 2.06. The fourth-order valence-corrected chi connectivity index (χ4v) is 1.53. The smallest absolute Gasteiger partial charge is 0.193 e. The normalized spacial score (nSPS) is 13.0. The molecule has 0 radical (unpaired) electrons. The van der Waals surface area contributed by atoms with E-state index >= 15 is 0 Å². The molecule has 0 aromatic carbocycles. The lowest BCUT2D eigenvalue weighted by atomic mass is 10.1. The van der Waals surface area contributed by atoms with Crippen LogP contribution in [-0.4, -0.2) is 14.9 Å². The highest BCUT2D eigenvalue weighted by Crippen LogP contribution is 2.22. The van der Waals surface area contributed by atoms with Gasteiger partial charge in [0.2, 0.25) is 0 Å². The molecule has 0 fully saturated rings. The second kappa shape index (κ2) is 4.08. The molecule has 2 aromatic rings. The first-order valence-corrected chi connectivity index (χ1v) is 4.95. The van der Waals surface area contributed by atoms with E-state index in [0.717, 1.165) is 5.69 Å². The molecule has 0 saturated carbocycles. The number of hydrogen-bond donors (Lipinski definition) is 1. The lowest BCUT2D eigenvalue weighted by Gasteiger charge is -2.04. The maximum absolute atomic E-state index is 9.79. The summed E-state index contributed by atoms with van der Waals surface area (Å²) in [4.78, 5) is 0. The fraction of sp³-hybridized carbons (Fsp3) is 0.300. The highest BCUT2D eigenvalue weighted by atomic mass is 35.5. The van der Waals surface area contributed by atoms with Crippen LogP contribution in [0.4, 0.5) is 0 Å². The van der Waals surface area contributed by atoms with E-state index < -0.39 is 6.10 Å². The SMILES string of the molecule is Cn1ccc(CC(O)c2ccc(Cl)o2)n1. The van der Waals surface area contributed by atoms with Gasteiger partial charge in [0, 0.05) is 19.7 Å². The third kappa shape index (κ3) is 2.40. The van der Waals surface area contributed by atoms with Crippen molar-refractivity contribution >= 4 is 11.6 Å². The zero-order chi connectivity index (χ0) is 10.8. The maximum atomic E-state index is 9.79. The summed E-state index contributed by atoms with van der Waals surface area (Å²) in [7, 11) is 1.83. The molecular formula is C10H11ClN2O2. The van der Waals surface area contributed by atoms with Gasteiger partial charge in [-0.1, -0.05) is 0 Å². The molecule has 2 heterocycles. The molecule has 15 heavy (non-hydrogen) atoms. The van der Waals surface area contributed by atoms with Crippen LogP contribution in [0.1, 0.15) is 17.6 Å². The van der Waals surface area contributed by atoms with Crippen LogP contribution in [0.25, 0.3) is 0 Å². The Morgan fingerprint density at radius 1 is 1.53 bits per heavy atom. The number of furan rings is 1. The molecule has 0 aliphatic heterocycles. The predicted octanol–water partition coefficient (Wildman–Crippen LogP) is 1.94. The highest BCUT2D eigenvalue weighted by molar-refractivity contribution is 6.28. The van der Waals surface area contributed by atoms with Gasteiger partial charge in [0.25, 0.3) is 0 Å². The molecular weight excluding hydrogens is 216 g/mol. The summed E-state index contributed by atoms with van der Waals surface area (Å²) in [6.45, 7) is 0. The van der Waals surface area contributed by atoms with E-state index in [-0.39, 0.29) is 5.22 Å². The monoisotopic (exact) mass is 226 g/mol. The van der Waals surface area contributed by atoms with E-state index in [0.29, 0.717) is 12.2 Å². The van der Waals surface area contributed by atoms with E-state index in [1.807, 2.05) is 19.3 Å². The summed E-state index contributed by atoms with van der Waals surface area (Å²) < 4.78 is 6.80. The molecule has 0 amide bonds. The van der Waals surface area contributed by atoms with Crippen molar-refractivity contribution in [1.82, 2.24) is 9.78 Å². The first-order valence-electron chi connectivity index (χ1n) is 4.57. The molecule has 80 valence electrons. The number of aliphatic hydroxyl groups is 1. The van der Waals surface area contributed by atoms with Gasteiger partial charge in [-0.15, -0.1) is 0 Å². The Kier molecular flexibility index (Phi) is 2.79. The summed E-state index contributed by atoms with van der Waals surface area (Å²) in [6, 6.07) is 5.13. The van der Waals surface area contributed by atoms with Crippen molar-refractivity contribution in [2.24, 2.45) is 7.05 Å². The zero-order valence-corrected chi connectivity index (χ0v) is 8.98. The van der Waals surface area contributed by atoms with E-state index in [2.05, 4.69) is 5.10 Å². The summed E-state index contributed by atoms with van der Waals surface area (Å²) in [5.41, 5.74) is 0.817. The first-order chi connectivity index (χ1) is 7.15. The van der Waals surface area contributed by atoms with Gasteiger partial charge >= 0.3 is 0 Å². The van der Waals surface area contributed by atoms with E-state index in [4.69, 9.17) is 16.0 Å². The molecule has 2 aromatic heterocycles. The van der Waals surface area contributed by atoms with Crippen LogP contribution in [0, 0.1) is 0 Å². The summed E-state index contributed by atoms with van der Waals surface area (Å²) in [5.74, 6) is 0.464. The van der Waals surface area contributed by atoms with Crippen LogP contribution in [0.2, 0.25) is 5.22 Å². The standard InChI is InChI=1S/C10H11ClN2O2/c1-13-5-4-7(12-13)6-8(14)9-2-3-10(11)15-9/h2-5,8,14H,6H2,1H3. The maximum Gasteiger partial charge on any atom is 0.193 e. The minimum Gasteiger partial charge on any atom is -0.447 e. The van der Waals surface area contributed by atoms with Crippen LogP contribution in [0.3, 0.4) is 0 Å². The van der Waals surface area contributed by atoms with Gasteiger partial charge in [-0.2, -0.15) is 5.10 Å². The second-order valence-electron chi connectivity index (χ2n) is 3.34. The fourth-order valence-electron chi connectivity index (χ4n) is 1.38. The largest absolute Gasteiger partial charge is 0.447 e.